The maximum Gasteiger partial charge on any atom is -0.0000122 e. The third-order valence-corrected chi connectivity index (χ3v) is 2.66. The van der Waals surface area contributed by atoms with Crippen LogP contribution >= 0.6 is 0 Å². The van der Waals surface area contributed by atoms with Gasteiger partial charge in [0.15, 0.2) is 0 Å². The van der Waals surface area contributed by atoms with Crippen LogP contribution in [-0.4, -0.2) is 13.1 Å². The van der Waals surface area contributed by atoms with E-state index in [1.807, 2.05) is 0 Å². The Morgan fingerprint density at radius 1 is 1.25 bits per heavy atom. The van der Waals surface area contributed by atoms with E-state index in [0.717, 1.165) is 6.54 Å². The number of rotatable bonds is 4. The molecular weight excluding hydrogens is 146 g/mol. The van der Waals surface area contributed by atoms with E-state index in [0.29, 0.717) is 10.8 Å². The van der Waals surface area contributed by atoms with E-state index in [9.17, 15) is 0 Å². The summed E-state index contributed by atoms with van der Waals surface area (Å²) in [6.07, 6.45) is 4.26. The van der Waals surface area contributed by atoms with Crippen molar-refractivity contribution in [1.29, 1.82) is 0 Å². The summed E-state index contributed by atoms with van der Waals surface area (Å²) in [4.78, 5) is 0. The second-order valence-corrected chi connectivity index (χ2v) is 5.80. The van der Waals surface area contributed by atoms with Gasteiger partial charge in [-0.05, 0) is 43.2 Å². The first-order valence-corrected chi connectivity index (χ1v) is 5.12. The fraction of sp³-hybridized carbons (Fsp3) is 1.00. The third kappa shape index (κ3) is 4.10. The Morgan fingerprint density at radius 3 is 2.25 bits per heavy atom. The highest BCUT2D eigenvalue weighted by atomic mass is 14.9. The maximum atomic E-state index is 3.52. The average Bonchev–Trinajstić information content (AvgIpc) is 2.60. The van der Waals surface area contributed by atoms with Crippen LogP contribution in [0.1, 0.15) is 47.0 Å². The molecule has 0 amide bonds. The Labute approximate surface area is 76.9 Å². The summed E-state index contributed by atoms with van der Waals surface area (Å²) in [5.74, 6) is 0. The lowest BCUT2D eigenvalue weighted by Gasteiger charge is -2.19. The minimum atomic E-state index is 0.435. The Morgan fingerprint density at radius 2 is 1.83 bits per heavy atom. The molecule has 0 bridgehead atoms. The zero-order valence-electron chi connectivity index (χ0n) is 9.04. The number of hydrogen-bond donors (Lipinski definition) is 1. The second kappa shape index (κ2) is 3.37. The molecule has 1 nitrogen and oxygen atoms in total. The molecule has 1 saturated carbocycles. The van der Waals surface area contributed by atoms with Crippen LogP contribution in [0.2, 0.25) is 0 Å². The van der Waals surface area contributed by atoms with Crippen LogP contribution in [0.25, 0.3) is 0 Å². The fourth-order valence-corrected chi connectivity index (χ4v) is 1.32. The molecule has 0 aliphatic heterocycles. The first kappa shape index (κ1) is 10.0. The van der Waals surface area contributed by atoms with E-state index in [1.165, 1.54) is 25.8 Å². The number of hydrogen-bond acceptors (Lipinski definition) is 1. The molecule has 1 rings (SSSR count). The van der Waals surface area contributed by atoms with Crippen LogP contribution in [-0.2, 0) is 0 Å². The van der Waals surface area contributed by atoms with Crippen molar-refractivity contribution in [3.05, 3.63) is 0 Å². The van der Waals surface area contributed by atoms with Gasteiger partial charge in [-0.25, -0.2) is 0 Å². The van der Waals surface area contributed by atoms with Crippen LogP contribution < -0.4 is 5.32 Å². The maximum absolute atomic E-state index is 3.52. The minimum absolute atomic E-state index is 0.435. The fourth-order valence-electron chi connectivity index (χ4n) is 1.32. The summed E-state index contributed by atoms with van der Waals surface area (Å²) in [6.45, 7) is 11.6. The molecule has 0 aromatic rings. The van der Waals surface area contributed by atoms with Crippen molar-refractivity contribution >= 4 is 0 Å². The first-order chi connectivity index (χ1) is 5.41. The molecule has 1 N–H and O–H groups in total. The topological polar surface area (TPSA) is 12.0 Å². The van der Waals surface area contributed by atoms with E-state index in [-0.39, 0.29) is 0 Å². The first-order valence-electron chi connectivity index (χ1n) is 5.12. The van der Waals surface area contributed by atoms with Crippen molar-refractivity contribution in [3.8, 4) is 0 Å². The molecule has 1 heteroatoms. The van der Waals surface area contributed by atoms with Crippen LogP contribution in [0.15, 0.2) is 0 Å². The van der Waals surface area contributed by atoms with Gasteiger partial charge in [0.1, 0.15) is 0 Å². The van der Waals surface area contributed by atoms with Crippen molar-refractivity contribution in [2.75, 3.05) is 13.1 Å². The molecule has 0 radical (unpaired) electrons. The summed E-state index contributed by atoms with van der Waals surface area (Å²) < 4.78 is 0. The molecule has 0 aromatic heterocycles. The van der Waals surface area contributed by atoms with E-state index in [1.54, 1.807) is 0 Å². The van der Waals surface area contributed by atoms with Gasteiger partial charge in [-0.15, -0.1) is 0 Å². The second-order valence-electron chi connectivity index (χ2n) is 5.80. The molecule has 72 valence electrons. The van der Waals surface area contributed by atoms with E-state index < -0.39 is 0 Å². The summed E-state index contributed by atoms with van der Waals surface area (Å²) >= 11 is 0. The summed E-state index contributed by atoms with van der Waals surface area (Å²) in [6, 6.07) is 0. The van der Waals surface area contributed by atoms with Gasteiger partial charge in [-0.2, -0.15) is 0 Å². The SMILES string of the molecule is CC(C)(C)CNCCC1(C)CC1. The summed E-state index contributed by atoms with van der Waals surface area (Å²) in [5, 5.41) is 3.52. The van der Waals surface area contributed by atoms with Crippen molar-refractivity contribution < 1.29 is 0 Å². The van der Waals surface area contributed by atoms with E-state index >= 15 is 0 Å². The lowest BCUT2D eigenvalue weighted by atomic mass is 9.96. The Balaban J connectivity index is 1.96. The average molecular weight is 169 g/mol. The molecule has 0 atom stereocenters. The van der Waals surface area contributed by atoms with Gasteiger partial charge in [0, 0.05) is 0 Å². The highest BCUT2D eigenvalue weighted by Crippen LogP contribution is 2.47. The van der Waals surface area contributed by atoms with Gasteiger partial charge in [0.05, 0.1) is 0 Å². The summed E-state index contributed by atoms with van der Waals surface area (Å²) in [7, 11) is 0. The lowest BCUT2D eigenvalue weighted by Crippen LogP contribution is -2.28. The van der Waals surface area contributed by atoms with Gasteiger partial charge in [0.2, 0.25) is 0 Å². The molecule has 1 aliphatic carbocycles. The summed E-state index contributed by atoms with van der Waals surface area (Å²) in [5.41, 5.74) is 1.15. The van der Waals surface area contributed by atoms with Crippen LogP contribution in [0.4, 0.5) is 0 Å². The zero-order valence-corrected chi connectivity index (χ0v) is 9.04. The van der Waals surface area contributed by atoms with Crippen LogP contribution in [0, 0.1) is 10.8 Å². The van der Waals surface area contributed by atoms with Crippen LogP contribution in [0.3, 0.4) is 0 Å². The molecular formula is C11H23N. The van der Waals surface area contributed by atoms with Gasteiger partial charge in [-0.1, -0.05) is 27.7 Å². The molecule has 0 heterocycles. The molecule has 1 fully saturated rings. The van der Waals surface area contributed by atoms with Crippen LogP contribution in [0.5, 0.6) is 0 Å². The molecule has 1 aliphatic rings. The van der Waals surface area contributed by atoms with Crippen molar-refractivity contribution in [2.45, 2.75) is 47.0 Å². The quantitative estimate of drug-likeness (QED) is 0.638. The van der Waals surface area contributed by atoms with E-state index in [4.69, 9.17) is 0 Å². The highest BCUT2D eigenvalue weighted by molar-refractivity contribution is 4.88. The molecule has 0 spiro atoms. The number of nitrogens with one attached hydrogen (secondary N) is 1. The van der Waals surface area contributed by atoms with Gasteiger partial charge in [0.25, 0.3) is 0 Å². The standard InChI is InChI=1S/C11H23N/c1-10(2,3)9-12-8-7-11(4)5-6-11/h12H,5-9H2,1-4H3. The predicted molar refractivity (Wildman–Crippen MR) is 54.3 cm³/mol. The van der Waals surface area contributed by atoms with Crippen molar-refractivity contribution in [1.82, 2.24) is 5.32 Å². The normalized spacial score (nSPS) is 21.0. The van der Waals surface area contributed by atoms with E-state index in [2.05, 4.69) is 33.0 Å². The third-order valence-electron chi connectivity index (χ3n) is 2.66. The highest BCUT2D eigenvalue weighted by Gasteiger charge is 2.36. The zero-order chi connectivity index (χ0) is 9.24. The lowest BCUT2D eigenvalue weighted by molar-refractivity contribution is 0.366. The molecule has 0 unspecified atom stereocenters. The minimum Gasteiger partial charge on any atom is -0.316 e. The Bertz CT molecular complexity index is 132. The monoisotopic (exact) mass is 169 g/mol. The smallest absolute Gasteiger partial charge is 0.0000122 e. The van der Waals surface area contributed by atoms with Gasteiger partial charge < -0.3 is 5.32 Å². The molecule has 0 aromatic carbocycles. The molecule has 0 saturated heterocycles. The molecule has 12 heavy (non-hydrogen) atoms. The Kier molecular flexibility index (Phi) is 2.82. The predicted octanol–water partition coefficient (Wildman–Crippen LogP) is 2.81. The van der Waals surface area contributed by atoms with Gasteiger partial charge >= 0.3 is 0 Å². The van der Waals surface area contributed by atoms with Crippen molar-refractivity contribution in [3.63, 3.8) is 0 Å². The van der Waals surface area contributed by atoms with Crippen molar-refractivity contribution in [2.24, 2.45) is 10.8 Å². The van der Waals surface area contributed by atoms with Gasteiger partial charge in [-0.3, -0.25) is 0 Å². The Hall–Kier alpha value is -0.0400. The largest absolute Gasteiger partial charge is 0.316 e.